The molecule has 0 radical (unpaired) electrons. The zero-order chi connectivity index (χ0) is 15.4. The second-order valence-corrected chi connectivity index (χ2v) is 5.61. The highest BCUT2D eigenvalue weighted by Crippen LogP contribution is 2.28. The number of hydroxylamine groups is 1. The van der Waals surface area contributed by atoms with Gasteiger partial charge in [-0.3, -0.25) is 10.0 Å². The molecule has 114 valence electrons. The van der Waals surface area contributed by atoms with Crippen LogP contribution >= 0.6 is 0 Å². The van der Waals surface area contributed by atoms with Gasteiger partial charge in [0.2, 0.25) is 0 Å². The molecule has 3 rings (SSSR count). The number of anilines is 1. The maximum absolute atomic E-state index is 12.1. The van der Waals surface area contributed by atoms with Gasteiger partial charge in [0.15, 0.2) is 0 Å². The lowest BCUT2D eigenvalue weighted by Crippen LogP contribution is -2.27. The smallest absolute Gasteiger partial charge is 0.255 e. The Hall–Kier alpha value is -2.33. The van der Waals surface area contributed by atoms with E-state index in [1.54, 1.807) is 5.48 Å². The predicted molar refractivity (Wildman–Crippen MR) is 86.1 cm³/mol. The van der Waals surface area contributed by atoms with Crippen molar-refractivity contribution >= 4 is 11.6 Å². The van der Waals surface area contributed by atoms with Crippen LogP contribution in [0.5, 0.6) is 0 Å². The molecule has 1 atom stereocenters. The standard InChI is InChI=1S/C18H20N2O2/c21-18(19-22)17(14-6-2-1-3-7-14)15-8-10-16(11-9-15)20-12-4-5-13-20/h1-3,6-11,17,22H,4-5,12-13H2,(H,19,21). The summed E-state index contributed by atoms with van der Waals surface area (Å²) in [4.78, 5) is 14.4. The van der Waals surface area contributed by atoms with Crippen molar-refractivity contribution in [3.8, 4) is 0 Å². The van der Waals surface area contributed by atoms with Gasteiger partial charge in [0.1, 0.15) is 0 Å². The van der Waals surface area contributed by atoms with Crippen LogP contribution in [0.1, 0.15) is 29.9 Å². The number of carbonyl (C=O) groups is 1. The lowest BCUT2D eigenvalue weighted by atomic mass is 9.90. The summed E-state index contributed by atoms with van der Waals surface area (Å²) in [7, 11) is 0. The first-order valence-electron chi connectivity index (χ1n) is 7.63. The molecule has 1 aliphatic heterocycles. The molecule has 0 bridgehead atoms. The molecule has 2 aromatic carbocycles. The molecule has 0 aliphatic carbocycles. The van der Waals surface area contributed by atoms with E-state index in [1.165, 1.54) is 18.5 Å². The van der Waals surface area contributed by atoms with Gasteiger partial charge in [-0.2, -0.15) is 0 Å². The van der Waals surface area contributed by atoms with Crippen molar-refractivity contribution in [3.05, 3.63) is 65.7 Å². The van der Waals surface area contributed by atoms with Crippen LogP contribution in [0.15, 0.2) is 54.6 Å². The molecular weight excluding hydrogens is 276 g/mol. The van der Waals surface area contributed by atoms with E-state index in [-0.39, 0.29) is 0 Å². The van der Waals surface area contributed by atoms with Crippen molar-refractivity contribution in [3.63, 3.8) is 0 Å². The molecule has 1 aliphatic rings. The van der Waals surface area contributed by atoms with Crippen LogP contribution in [0.25, 0.3) is 0 Å². The lowest BCUT2D eigenvalue weighted by Gasteiger charge is -2.20. The van der Waals surface area contributed by atoms with Gasteiger partial charge in [-0.25, -0.2) is 5.48 Å². The summed E-state index contributed by atoms with van der Waals surface area (Å²) < 4.78 is 0. The Balaban J connectivity index is 1.89. The zero-order valence-electron chi connectivity index (χ0n) is 12.4. The Kier molecular flexibility index (Phi) is 4.39. The van der Waals surface area contributed by atoms with Crippen LogP contribution in [-0.2, 0) is 4.79 Å². The molecule has 0 saturated carbocycles. The van der Waals surface area contributed by atoms with Crippen molar-refractivity contribution in [2.45, 2.75) is 18.8 Å². The van der Waals surface area contributed by atoms with Crippen molar-refractivity contribution in [2.24, 2.45) is 0 Å². The minimum absolute atomic E-state index is 0.417. The third kappa shape index (κ3) is 2.97. The minimum atomic E-state index is -0.501. The van der Waals surface area contributed by atoms with Crippen LogP contribution in [-0.4, -0.2) is 24.2 Å². The maximum Gasteiger partial charge on any atom is 0.255 e. The molecule has 0 spiro atoms. The first-order valence-corrected chi connectivity index (χ1v) is 7.63. The number of amides is 1. The van der Waals surface area contributed by atoms with Crippen LogP contribution in [0.3, 0.4) is 0 Å². The van der Waals surface area contributed by atoms with E-state index >= 15 is 0 Å². The number of hydrogen-bond acceptors (Lipinski definition) is 3. The maximum atomic E-state index is 12.1. The van der Waals surface area contributed by atoms with Gasteiger partial charge in [-0.15, -0.1) is 0 Å². The van der Waals surface area contributed by atoms with Gasteiger partial charge in [-0.05, 0) is 36.1 Å². The van der Waals surface area contributed by atoms with Gasteiger partial charge < -0.3 is 4.90 Å². The number of rotatable bonds is 4. The van der Waals surface area contributed by atoms with Gasteiger partial charge in [0, 0.05) is 18.8 Å². The summed E-state index contributed by atoms with van der Waals surface area (Å²) in [6.45, 7) is 2.19. The highest BCUT2D eigenvalue weighted by molar-refractivity contribution is 5.86. The summed E-state index contributed by atoms with van der Waals surface area (Å²) in [5.74, 6) is -0.918. The van der Waals surface area contributed by atoms with Crippen molar-refractivity contribution in [1.82, 2.24) is 5.48 Å². The summed E-state index contributed by atoms with van der Waals surface area (Å²) in [6, 6.07) is 17.6. The first kappa shape index (κ1) is 14.6. The van der Waals surface area contributed by atoms with Crippen LogP contribution < -0.4 is 10.4 Å². The molecule has 1 saturated heterocycles. The topological polar surface area (TPSA) is 52.6 Å². The Morgan fingerprint density at radius 3 is 2.14 bits per heavy atom. The summed E-state index contributed by atoms with van der Waals surface area (Å²) in [5, 5.41) is 9.05. The normalized spacial score (nSPS) is 15.6. The second-order valence-electron chi connectivity index (χ2n) is 5.61. The van der Waals surface area contributed by atoms with Crippen LogP contribution in [0.2, 0.25) is 0 Å². The fourth-order valence-corrected chi connectivity index (χ4v) is 3.06. The number of benzene rings is 2. The van der Waals surface area contributed by atoms with Gasteiger partial charge in [0.25, 0.3) is 5.91 Å². The van der Waals surface area contributed by atoms with E-state index in [0.29, 0.717) is 0 Å². The van der Waals surface area contributed by atoms with Gasteiger partial charge in [0.05, 0.1) is 5.92 Å². The largest absolute Gasteiger partial charge is 0.372 e. The highest BCUT2D eigenvalue weighted by atomic mass is 16.5. The average molecular weight is 296 g/mol. The minimum Gasteiger partial charge on any atom is -0.372 e. The third-order valence-corrected chi connectivity index (χ3v) is 4.20. The van der Waals surface area contributed by atoms with Crippen molar-refractivity contribution in [1.29, 1.82) is 0 Å². The molecule has 1 heterocycles. The van der Waals surface area contributed by atoms with Gasteiger partial charge in [-0.1, -0.05) is 42.5 Å². The fourth-order valence-electron chi connectivity index (χ4n) is 3.06. The molecule has 2 aromatic rings. The van der Waals surface area contributed by atoms with Crippen LogP contribution in [0.4, 0.5) is 5.69 Å². The number of nitrogens with zero attached hydrogens (tertiary/aromatic N) is 1. The number of hydrogen-bond donors (Lipinski definition) is 2. The SMILES string of the molecule is O=C(NO)C(c1ccccc1)c1ccc(N2CCCC2)cc1. The molecule has 22 heavy (non-hydrogen) atoms. The molecule has 4 heteroatoms. The zero-order valence-corrected chi connectivity index (χ0v) is 12.4. The average Bonchev–Trinajstić information content (AvgIpc) is 3.11. The molecule has 0 aromatic heterocycles. The van der Waals surface area contributed by atoms with E-state index in [2.05, 4.69) is 17.0 Å². The summed E-state index contributed by atoms with van der Waals surface area (Å²) in [5.41, 5.74) is 4.71. The lowest BCUT2D eigenvalue weighted by molar-refractivity contribution is -0.129. The quantitative estimate of drug-likeness (QED) is 0.674. The summed E-state index contributed by atoms with van der Waals surface area (Å²) in [6.07, 6.45) is 2.47. The fraction of sp³-hybridized carbons (Fsp3) is 0.278. The third-order valence-electron chi connectivity index (χ3n) is 4.20. The Morgan fingerprint density at radius 1 is 0.955 bits per heavy atom. The van der Waals surface area contributed by atoms with E-state index in [0.717, 1.165) is 24.2 Å². The van der Waals surface area contributed by atoms with Crippen molar-refractivity contribution < 1.29 is 10.0 Å². The highest BCUT2D eigenvalue weighted by Gasteiger charge is 2.22. The molecular formula is C18H20N2O2. The summed E-state index contributed by atoms with van der Waals surface area (Å²) >= 11 is 0. The van der Waals surface area contributed by atoms with Gasteiger partial charge >= 0.3 is 0 Å². The van der Waals surface area contributed by atoms with Crippen LogP contribution in [0, 0.1) is 0 Å². The second kappa shape index (κ2) is 6.62. The van der Waals surface area contributed by atoms with E-state index in [4.69, 9.17) is 5.21 Å². The Labute approximate surface area is 130 Å². The van der Waals surface area contributed by atoms with Crippen molar-refractivity contribution in [2.75, 3.05) is 18.0 Å². The first-order chi connectivity index (χ1) is 10.8. The van der Waals surface area contributed by atoms with E-state index in [9.17, 15) is 4.79 Å². The molecule has 1 fully saturated rings. The monoisotopic (exact) mass is 296 g/mol. The Bertz CT molecular complexity index is 619. The molecule has 1 unspecified atom stereocenters. The molecule has 2 N–H and O–H groups in total. The van der Waals surface area contributed by atoms with E-state index in [1.807, 2.05) is 42.5 Å². The predicted octanol–water partition coefficient (Wildman–Crippen LogP) is 2.92. The Morgan fingerprint density at radius 2 is 1.55 bits per heavy atom. The molecule has 1 amide bonds. The number of nitrogens with one attached hydrogen (secondary N) is 1. The number of carbonyl (C=O) groups excluding carboxylic acids is 1. The molecule has 4 nitrogen and oxygen atoms in total. The van der Waals surface area contributed by atoms with E-state index < -0.39 is 11.8 Å².